The van der Waals surface area contributed by atoms with Gasteiger partial charge < -0.3 is 10.6 Å². The largest absolute Gasteiger partial charge is 0.357 e. The van der Waals surface area contributed by atoms with Crippen LogP contribution in [0.25, 0.3) is 0 Å². The molecule has 0 bridgehead atoms. The first kappa shape index (κ1) is 16.8. The van der Waals surface area contributed by atoms with Gasteiger partial charge in [-0.1, -0.05) is 6.92 Å². The maximum atomic E-state index is 4.67. The van der Waals surface area contributed by atoms with Gasteiger partial charge >= 0.3 is 0 Å². The molecule has 21 heavy (non-hydrogen) atoms. The normalized spacial score (nSPS) is 20.0. The molecule has 0 amide bonds. The maximum absolute atomic E-state index is 4.67. The summed E-state index contributed by atoms with van der Waals surface area (Å²) in [5.74, 6) is 0.921. The van der Waals surface area contributed by atoms with E-state index in [-0.39, 0.29) is 0 Å². The molecule has 6 heteroatoms. The van der Waals surface area contributed by atoms with Crippen LogP contribution in [0.15, 0.2) is 20.9 Å². The molecule has 1 fully saturated rings. The van der Waals surface area contributed by atoms with E-state index < -0.39 is 0 Å². The van der Waals surface area contributed by atoms with E-state index in [2.05, 4.69) is 62.4 Å². The van der Waals surface area contributed by atoms with E-state index in [1.54, 1.807) is 11.3 Å². The predicted octanol–water partition coefficient (Wildman–Crippen LogP) is 3.05. The van der Waals surface area contributed by atoms with Gasteiger partial charge in [-0.3, -0.25) is 4.90 Å². The molecule has 1 aliphatic rings. The van der Waals surface area contributed by atoms with E-state index >= 15 is 0 Å². The van der Waals surface area contributed by atoms with E-state index in [0.717, 1.165) is 35.9 Å². The van der Waals surface area contributed by atoms with Crippen molar-refractivity contribution in [3.8, 4) is 0 Å². The quantitative estimate of drug-likeness (QED) is 0.595. The summed E-state index contributed by atoms with van der Waals surface area (Å²) in [6.07, 6.45) is 2.61. The first-order chi connectivity index (χ1) is 10.2. The Kier molecular flexibility index (Phi) is 6.99. The lowest BCUT2D eigenvalue weighted by Gasteiger charge is -2.23. The van der Waals surface area contributed by atoms with Gasteiger partial charge in [0.1, 0.15) is 0 Å². The van der Waals surface area contributed by atoms with Crippen molar-refractivity contribution in [1.29, 1.82) is 0 Å². The summed E-state index contributed by atoms with van der Waals surface area (Å²) >= 11 is 5.23. The lowest BCUT2D eigenvalue weighted by atomic mass is 10.2. The molecule has 2 rings (SSSR count). The molecule has 0 saturated carbocycles. The van der Waals surface area contributed by atoms with Gasteiger partial charge in [0.2, 0.25) is 0 Å². The average molecular weight is 373 g/mol. The van der Waals surface area contributed by atoms with Gasteiger partial charge in [-0.2, -0.15) is 0 Å². The minimum Gasteiger partial charge on any atom is -0.357 e. The maximum Gasteiger partial charge on any atom is 0.191 e. The van der Waals surface area contributed by atoms with Crippen LogP contribution in [0.1, 0.15) is 31.6 Å². The first-order valence-corrected chi connectivity index (χ1v) is 9.34. The Morgan fingerprint density at radius 1 is 1.43 bits per heavy atom. The molecule has 1 aromatic heterocycles. The Balaban J connectivity index is 1.86. The number of aliphatic imine (C=N–C) groups is 1. The van der Waals surface area contributed by atoms with Crippen LogP contribution in [-0.2, 0) is 6.54 Å². The van der Waals surface area contributed by atoms with Crippen molar-refractivity contribution < 1.29 is 0 Å². The molecule has 118 valence electrons. The van der Waals surface area contributed by atoms with Gasteiger partial charge in [-0.05, 0) is 60.9 Å². The van der Waals surface area contributed by atoms with Crippen LogP contribution in [-0.4, -0.2) is 43.1 Å². The number of nitrogens with one attached hydrogen (secondary N) is 2. The van der Waals surface area contributed by atoms with E-state index in [0.29, 0.717) is 6.04 Å². The van der Waals surface area contributed by atoms with Crippen LogP contribution in [0.3, 0.4) is 0 Å². The highest BCUT2D eigenvalue weighted by molar-refractivity contribution is 9.11. The van der Waals surface area contributed by atoms with Crippen molar-refractivity contribution in [3.05, 3.63) is 20.8 Å². The number of guanidine groups is 1. The Labute approximate surface area is 140 Å². The molecule has 1 aliphatic heterocycles. The van der Waals surface area contributed by atoms with Gasteiger partial charge in [0.15, 0.2) is 5.96 Å². The third-order valence-electron chi connectivity index (χ3n) is 3.78. The molecule has 0 aliphatic carbocycles. The Morgan fingerprint density at radius 2 is 2.29 bits per heavy atom. The number of halogens is 1. The minimum atomic E-state index is 0.648. The van der Waals surface area contributed by atoms with E-state index in [4.69, 9.17) is 0 Å². The molecular formula is C15H25BrN4S. The molecule has 0 aromatic carbocycles. The SMILES string of the molecule is CCNC(=NCc1ccc(Br)s1)NCC1CCCN1CC. The second-order valence-electron chi connectivity index (χ2n) is 5.21. The van der Waals surface area contributed by atoms with Crippen LogP contribution in [0.2, 0.25) is 0 Å². The summed E-state index contributed by atoms with van der Waals surface area (Å²) in [6.45, 7) is 9.33. The van der Waals surface area contributed by atoms with E-state index in [1.165, 1.54) is 24.3 Å². The molecule has 2 heterocycles. The number of hydrogen-bond acceptors (Lipinski definition) is 3. The minimum absolute atomic E-state index is 0.648. The van der Waals surface area contributed by atoms with E-state index in [9.17, 15) is 0 Å². The van der Waals surface area contributed by atoms with Crippen molar-refractivity contribution in [3.63, 3.8) is 0 Å². The molecule has 4 nitrogen and oxygen atoms in total. The van der Waals surface area contributed by atoms with Gasteiger partial charge in [0.25, 0.3) is 0 Å². The summed E-state index contributed by atoms with van der Waals surface area (Å²) in [5, 5.41) is 6.82. The highest BCUT2D eigenvalue weighted by atomic mass is 79.9. The highest BCUT2D eigenvalue weighted by Crippen LogP contribution is 2.22. The lowest BCUT2D eigenvalue weighted by molar-refractivity contribution is 0.267. The van der Waals surface area contributed by atoms with Crippen LogP contribution < -0.4 is 10.6 Å². The fourth-order valence-corrected chi connectivity index (χ4v) is 4.10. The Bertz CT molecular complexity index is 460. The predicted molar refractivity (Wildman–Crippen MR) is 95.1 cm³/mol. The Morgan fingerprint density at radius 3 is 2.95 bits per heavy atom. The number of hydrogen-bond donors (Lipinski definition) is 2. The average Bonchev–Trinajstić information content (AvgIpc) is 3.10. The second-order valence-corrected chi connectivity index (χ2v) is 7.75. The summed E-state index contributed by atoms with van der Waals surface area (Å²) in [7, 11) is 0. The van der Waals surface area contributed by atoms with Crippen molar-refractivity contribution in [2.45, 2.75) is 39.3 Å². The molecule has 1 saturated heterocycles. The number of nitrogens with zero attached hydrogens (tertiary/aromatic N) is 2. The molecule has 1 atom stereocenters. The second kappa shape index (κ2) is 8.76. The summed E-state index contributed by atoms with van der Waals surface area (Å²) in [4.78, 5) is 8.50. The van der Waals surface area contributed by atoms with Crippen molar-refractivity contribution >= 4 is 33.2 Å². The zero-order valence-corrected chi connectivity index (χ0v) is 15.3. The van der Waals surface area contributed by atoms with Crippen molar-refractivity contribution in [2.24, 2.45) is 4.99 Å². The fraction of sp³-hybridized carbons (Fsp3) is 0.667. The Hall–Kier alpha value is -0.590. The fourth-order valence-electron chi connectivity index (χ4n) is 2.69. The van der Waals surface area contributed by atoms with Gasteiger partial charge in [-0.15, -0.1) is 11.3 Å². The van der Waals surface area contributed by atoms with Crippen molar-refractivity contribution in [2.75, 3.05) is 26.2 Å². The molecule has 1 aromatic rings. The van der Waals surface area contributed by atoms with E-state index in [1.807, 2.05) is 0 Å². The van der Waals surface area contributed by atoms with Gasteiger partial charge in [-0.25, -0.2) is 4.99 Å². The number of likely N-dealkylation sites (N-methyl/N-ethyl adjacent to an activating group) is 1. The molecule has 2 N–H and O–H groups in total. The van der Waals surface area contributed by atoms with Crippen molar-refractivity contribution in [1.82, 2.24) is 15.5 Å². The smallest absolute Gasteiger partial charge is 0.191 e. The van der Waals surface area contributed by atoms with Crippen LogP contribution >= 0.6 is 27.3 Å². The third-order valence-corrected chi connectivity index (χ3v) is 5.38. The summed E-state index contributed by atoms with van der Waals surface area (Å²) in [6, 6.07) is 4.85. The molecule has 0 radical (unpaired) electrons. The monoisotopic (exact) mass is 372 g/mol. The zero-order valence-electron chi connectivity index (χ0n) is 12.9. The lowest BCUT2D eigenvalue weighted by Crippen LogP contribution is -2.44. The van der Waals surface area contributed by atoms with Crippen LogP contribution in [0.4, 0.5) is 0 Å². The number of thiophene rings is 1. The van der Waals surface area contributed by atoms with Gasteiger partial charge in [0.05, 0.1) is 10.3 Å². The third kappa shape index (κ3) is 5.27. The standard InChI is InChI=1S/C15H25BrN4S/c1-3-17-15(19-11-13-7-8-14(16)21-13)18-10-12-6-5-9-20(12)4-2/h7-8,12H,3-6,9-11H2,1-2H3,(H2,17,18,19). The van der Waals surface area contributed by atoms with Crippen LogP contribution in [0, 0.1) is 0 Å². The topological polar surface area (TPSA) is 39.7 Å². The molecule has 1 unspecified atom stereocenters. The first-order valence-electron chi connectivity index (χ1n) is 7.73. The molecular weight excluding hydrogens is 348 g/mol. The zero-order chi connectivity index (χ0) is 15.1. The molecule has 0 spiro atoms. The number of likely N-dealkylation sites (tertiary alicyclic amines) is 1. The summed E-state index contributed by atoms with van der Waals surface area (Å²) < 4.78 is 1.16. The van der Waals surface area contributed by atoms with Gasteiger partial charge in [0, 0.05) is 24.0 Å². The van der Waals surface area contributed by atoms with Crippen LogP contribution in [0.5, 0.6) is 0 Å². The number of rotatable bonds is 6. The summed E-state index contributed by atoms with van der Waals surface area (Å²) in [5.41, 5.74) is 0. The highest BCUT2D eigenvalue weighted by Gasteiger charge is 2.22.